The molecule has 1 aromatic rings. The Morgan fingerprint density at radius 2 is 2.37 bits per heavy atom. The van der Waals surface area contributed by atoms with Crippen LogP contribution < -0.4 is 5.73 Å². The standard InChI is InChI=1S/C13H13FN2O2S/c1-2-9-19-12-10(5-3-7-11(12)14)6-4-8-16(18)13(15)17/h1,3-7,18H,8-9H2,(H2,15,17)/b6-4+. The lowest BCUT2D eigenvalue weighted by Crippen LogP contribution is -2.32. The molecule has 6 heteroatoms. The number of rotatable bonds is 5. The van der Waals surface area contributed by atoms with Crippen molar-refractivity contribution in [1.29, 1.82) is 0 Å². The predicted octanol–water partition coefficient (Wildman–Crippen LogP) is 2.33. The average molecular weight is 280 g/mol. The molecular formula is C13H13FN2O2S. The molecule has 0 heterocycles. The Morgan fingerprint density at radius 3 is 3.00 bits per heavy atom. The van der Waals surface area contributed by atoms with E-state index in [0.717, 1.165) is 0 Å². The molecule has 0 aliphatic carbocycles. The predicted molar refractivity (Wildman–Crippen MR) is 73.1 cm³/mol. The number of hydroxylamine groups is 2. The fraction of sp³-hybridized carbons (Fsp3) is 0.154. The van der Waals surface area contributed by atoms with Gasteiger partial charge in [0, 0.05) is 0 Å². The third kappa shape index (κ3) is 4.66. The van der Waals surface area contributed by atoms with Crippen LogP contribution in [0.2, 0.25) is 0 Å². The molecule has 0 aliphatic heterocycles. The summed E-state index contributed by atoms with van der Waals surface area (Å²) in [5.41, 5.74) is 5.48. The third-order valence-electron chi connectivity index (χ3n) is 2.13. The Hall–Kier alpha value is -1.97. The first kappa shape index (κ1) is 15.1. The molecule has 0 bridgehead atoms. The van der Waals surface area contributed by atoms with Crippen molar-refractivity contribution in [3.05, 3.63) is 35.7 Å². The van der Waals surface area contributed by atoms with Gasteiger partial charge in [-0.15, -0.1) is 18.2 Å². The topological polar surface area (TPSA) is 66.6 Å². The molecule has 0 aliphatic rings. The smallest absolute Gasteiger partial charge is 0.338 e. The van der Waals surface area contributed by atoms with Gasteiger partial charge in [-0.25, -0.2) is 14.2 Å². The Morgan fingerprint density at radius 1 is 1.63 bits per heavy atom. The zero-order valence-corrected chi connectivity index (χ0v) is 10.9. The molecule has 2 amide bonds. The van der Waals surface area contributed by atoms with E-state index in [1.165, 1.54) is 23.9 Å². The van der Waals surface area contributed by atoms with E-state index >= 15 is 0 Å². The summed E-state index contributed by atoms with van der Waals surface area (Å²) in [7, 11) is 0. The molecule has 100 valence electrons. The summed E-state index contributed by atoms with van der Waals surface area (Å²) in [6.07, 6.45) is 8.24. The number of hydrogen-bond donors (Lipinski definition) is 2. The molecule has 0 spiro atoms. The molecule has 3 N–H and O–H groups in total. The Bertz CT molecular complexity index is 526. The van der Waals surface area contributed by atoms with Gasteiger partial charge in [0.15, 0.2) is 0 Å². The van der Waals surface area contributed by atoms with E-state index in [-0.39, 0.29) is 12.4 Å². The molecule has 19 heavy (non-hydrogen) atoms. The van der Waals surface area contributed by atoms with Gasteiger partial charge < -0.3 is 5.73 Å². The molecule has 0 fully saturated rings. The van der Waals surface area contributed by atoms with Crippen LogP contribution in [0, 0.1) is 18.2 Å². The molecule has 0 saturated heterocycles. The van der Waals surface area contributed by atoms with Crippen molar-refractivity contribution >= 4 is 23.9 Å². The Kier molecular flexibility index (Phi) is 5.93. The minimum Gasteiger partial charge on any atom is -0.350 e. The van der Waals surface area contributed by atoms with E-state index in [4.69, 9.17) is 17.4 Å². The van der Waals surface area contributed by atoms with Gasteiger partial charge in [0.1, 0.15) is 5.82 Å². The van der Waals surface area contributed by atoms with Crippen molar-refractivity contribution in [3.63, 3.8) is 0 Å². The maximum Gasteiger partial charge on any atom is 0.338 e. The number of nitrogens with two attached hydrogens (primary N) is 1. The van der Waals surface area contributed by atoms with E-state index in [1.807, 2.05) is 0 Å². The zero-order chi connectivity index (χ0) is 14.3. The van der Waals surface area contributed by atoms with Crippen molar-refractivity contribution in [2.45, 2.75) is 4.90 Å². The van der Waals surface area contributed by atoms with Crippen molar-refractivity contribution in [2.75, 3.05) is 12.3 Å². The number of benzene rings is 1. The number of hydrogen-bond acceptors (Lipinski definition) is 3. The summed E-state index contributed by atoms with van der Waals surface area (Å²) in [6.45, 7) is -0.0783. The van der Waals surface area contributed by atoms with Crippen molar-refractivity contribution in [2.24, 2.45) is 5.73 Å². The van der Waals surface area contributed by atoms with E-state index in [1.54, 1.807) is 18.2 Å². The summed E-state index contributed by atoms with van der Waals surface area (Å²) in [5, 5.41) is 9.42. The van der Waals surface area contributed by atoms with Gasteiger partial charge >= 0.3 is 6.03 Å². The van der Waals surface area contributed by atoms with Gasteiger partial charge in [0.2, 0.25) is 0 Å². The lowest BCUT2D eigenvalue weighted by atomic mass is 10.2. The summed E-state index contributed by atoms with van der Waals surface area (Å²) < 4.78 is 13.6. The fourth-order valence-corrected chi connectivity index (χ4v) is 2.03. The molecule has 0 atom stereocenters. The highest BCUT2D eigenvalue weighted by Crippen LogP contribution is 2.26. The normalized spacial score (nSPS) is 10.4. The van der Waals surface area contributed by atoms with E-state index in [9.17, 15) is 9.18 Å². The number of carbonyl (C=O) groups is 1. The van der Waals surface area contributed by atoms with Gasteiger partial charge in [-0.05, 0) is 11.6 Å². The fourth-order valence-electron chi connectivity index (χ4n) is 1.29. The summed E-state index contributed by atoms with van der Waals surface area (Å²) in [5.74, 6) is 2.42. The number of carbonyl (C=O) groups excluding carboxylic acids is 1. The van der Waals surface area contributed by atoms with Crippen LogP contribution >= 0.6 is 11.8 Å². The Labute approximate surface area is 115 Å². The van der Waals surface area contributed by atoms with Crippen molar-refractivity contribution in [3.8, 4) is 12.3 Å². The van der Waals surface area contributed by atoms with Gasteiger partial charge in [-0.2, -0.15) is 0 Å². The van der Waals surface area contributed by atoms with Crippen LogP contribution in [0.25, 0.3) is 6.08 Å². The number of thioether (sulfide) groups is 1. The number of terminal acetylenes is 1. The van der Waals surface area contributed by atoms with Gasteiger partial charge in [0.25, 0.3) is 0 Å². The number of amides is 2. The first-order chi connectivity index (χ1) is 9.06. The number of nitrogens with zero attached hydrogens (tertiary/aromatic N) is 1. The van der Waals surface area contributed by atoms with Crippen LogP contribution in [0.4, 0.5) is 9.18 Å². The molecular weight excluding hydrogens is 267 g/mol. The maximum absolute atomic E-state index is 13.6. The van der Waals surface area contributed by atoms with E-state index in [0.29, 0.717) is 21.3 Å². The number of halogens is 1. The molecule has 0 saturated carbocycles. The van der Waals surface area contributed by atoms with E-state index < -0.39 is 6.03 Å². The number of urea groups is 1. The first-order valence-electron chi connectivity index (χ1n) is 5.33. The van der Waals surface area contributed by atoms with Crippen LogP contribution in [-0.4, -0.2) is 28.6 Å². The van der Waals surface area contributed by atoms with Gasteiger partial charge in [0.05, 0.1) is 17.2 Å². The monoisotopic (exact) mass is 280 g/mol. The van der Waals surface area contributed by atoms with Crippen LogP contribution in [0.3, 0.4) is 0 Å². The quantitative estimate of drug-likeness (QED) is 0.376. The number of primary amides is 1. The largest absolute Gasteiger partial charge is 0.350 e. The SMILES string of the molecule is C#CCSc1c(F)cccc1/C=C/CN(O)C(N)=O. The highest BCUT2D eigenvalue weighted by Gasteiger charge is 2.07. The molecule has 0 unspecified atom stereocenters. The van der Waals surface area contributed by atoms with Crippen molar-refractivity contribution in [1.82, 2.24) is 5.06 Å². The second kappa shape index (κ2) is 7.46. The average Bonchev–Trinajstić information content (AvgIpc) is 2.37. The van der Waals surface area contributed by atoms with Gasteiger partial charge in [-0.3, -0.25) is 5.21 Å². The zero-order valence-electron chi connectivity index (χ0n) is 10.0. The summed E-state index contributed by atoms with van der Waals surface area (Å²) in [6, 6.07) is 3.67. The third-order valence-corrected chi connectivity index (χ3v) is 3.16. The van der Waals surface area contributed by atoms with E-state index in [2.05, 4.69) is 5.92 Å². The highest BCUT2D eigenvalue weighted by molar-refractivity contribution is 7.99. The van der Waals surface area contributed by atoms with Crippen LogP contribution in [-0.2, 0) is 0 Å². The minimum absolute atomic E-state index is 0.0783. The maximum atomic E-state index is 13.6. The lowest BCUT2D eigenvalue weighted by Gasteiger charge is -2.08. The van der Waals surface area contributed by atoms with Crippen molar-refractivity contribution < 1.29 is 14.4 Å². The second-order valence-corrected chi connectivity index (χ2v) is 4.46. The van der Waals surface area contributed by atoms with Gasteiger partial charge in [-0.1, -0.05) is 30.2 Å². The van der Waals surface area contributed by atoms with Crippen LogP contribution in [0.5, 0.6) is 0 Å². The van der Waals surface area contributed by atoms with Crippen LogP contribution in [0.15, 0.2) is 29.2 Å². The molecule has 4 nitrogen and oxygen atoms in total. The molecule has 0 radical (unpaired) electrons. The first-order valence-corrected chi connectivity index (χ1v) is 6.32. The molecule has 1 aromatic carbocycles. The summed E-state index contributed by atoms with van der Waals surface area (Å²) in [4.78, 5) is 11.0. The molecule has 1 rings (SSSR count). The van der Waals surface area contributed by atoms with Crippen LogP contribution in [0.1, 0.15) is 5.56 Å². The second-order valence-electron chi connectivity index (χ2n) is 3.47. The highest BCUT2D eigenvalue weighted by atomic mass is 32.2. The molecule has 0 aromatic heterocycles. The Balaban J connectivity index is 2.83. The minimum atomic E-state index is -0.953. The lowest BCUT2D eigenvalue weighted by molar-refractivity contribution is -0.0286. The summed E-state index contributed by atoms with van der Waals surface area (Å²) >= 11 is 1.21.